The van der Waals surface area contributed by atoms with Crippen molar-refractivity contribution in [2.24, 2.45) is 16.1 Å². The second-order valence-corrected chi connectivity index (χ2v) is 4.22. The topological polar surface area (TPSA) is 67.5 Å². The van der Waals surface area contributed by atoms with Crippen LogP contribution in [0.2, 0.25) is 0 Å². The Morgan fingerprint density at radius 1 is 1.43 bits per heavy atom. The highest BCUT2D eigenvalue weighted by atomic mass is 16.1. The molecule has 0 aromatic heterocycles. The van der Waals surface area contributed by atoms with Crippen molar-refractivity contribution in [2.75, 3.05) is 13.1 Å². The molecule has 0 rings (SSSR count). The molecule has 0 aromatic carbocycles. The number of hydrogen-bond donors (Lipinski definition) is 2. The van der Waals surface area contributed by atoms with Crippen molar-refractivity contribution in [3.05, 3.63) is 0 Å². The standard InChI is InChI=1S/C10H21N3O/c1-5-12-8(14)6-7-13-9(11)10(2,3)4/h5-7H2,1-4H3,(H2,11,13)(H,12,14). The van der Waals surface area contributed by atoms with Gasteiger partial charge in [-0.15, -0.1) is 0 Å². The highest BCUT2D eigenvalue weighted by Crippen LogP contribution is 2.12. The minimum Gasteiger partial charge on any atom is -0.387 e. The van der Waals surface area contributed by atoms with E-state index in [1.807, 2.05) is 27.7 Å². The smallest absolute Gasteiger partial charge is 0.221 e. The number of rotatable bonds is 4. The first-order valence-electron chi connectivity index (χ1n) is 4.95. The number of nitrogens with two attached hydrogens (primary N) is 1. The summed E-state index contributed by atoms with van der Waals surface area (Å²) in [7, 11) is 0. The van der Waals surface area contributed by atoms with Gasteiger partial charge in [-0.25, -0.2) is 0 Å². The Hall–Kier alpha value is -1.06. The number of nitrogens with one attached hydrogen (secondary N) is 1. The average molecular weight is 199 g/mol. The summed E-state index contributed by atoms with van der Waals surface area (Å²) in [4.78, 5) is 15.2. The van der Waals surface area contributed by atoms with E-state index in [0.29, 0.717) is 25.3 Å². The zero-order chi connectivity index (χ0) is 11.2. The molecule has 0 aliphatic rings. The SMILES string of the molecule is CCNC(=O)CCN=C(N)C(C)(C)C. The Morgan fingerprint density at radius 2 is 2.00 bits per heavy atom. The van der Waals surface area contributed by atoms with Crippen LogP contribution in [-0.2, 0) is 4.79 Å². The number of hydrogen-bond acceptors (Lipinski definition) is 2. The summed E-state index contributed by atoms with van der Waals surface area (Å²) in [6.07, 6.45) is 0.407. The molecule has 0 spiro atoms. The van der Waals surface area contributed by atoms with E-state index in [1.165, 1.54) is 0 Å². The number of carbonyl (C=O) groups excluding carboxylic acids is 1. The van der Waals surface area contributed by atoms with E-state index < -0.39 is 0 Å². The molecule has 0 atom stereocenters. The Kier molecular flexibility index (Phi) is 5.20. The lowest BCUT2D eigenvalue weighted by molar-refractivity contribution is -0.120. The molecule has 0 heterocycles. The first-order valence-corrected chi connectivity index (χ1v) is 4.95. The lowest BCUT2D eigenvalue weighted by Gasteiger charge is -2.17. The van der Waals surface area contributed by atoms with E-state index in [1.54, 1.807) is 0 Å². The molecule has 0 bridgehead atoms. The van der Waals surface area contributed by atoms with Gasteiger partial charge in [0.15, 0.2) is 0 Å². The fraction of sp³-hybridized carbons (Fsp3) is 0.800. The molecule has 0 fully saturated rings. The maximum absolute atomic E-state index is 11.1. The Balaban J connectivity index is 3.88. The molecule has 0 aromatic rings. The second kappa shape index (κ2) is 5.62. The van der Waals surface area contributed by atoms with Gasteiger partial charge in [0.2, 0.25) is 5.91 Å². The third-order valence-corrected chi connectivity index (χ3v) is 1.76. The Bertz CT molecular complexity index is 216. The monoisotopic (exact) mass is 199 g/mol. The summed E-state index contributed by atoms with van der Waals surface area (Å²) in [6.45, 7) is 9.02. The minimum absolute atomic E-state index is 0.0259. The molecule has 82 valence electrons. The quantitative estimate of drug-likeness (QED) is 0.522. The molecule has 4 heteroatoms. The first kappa shape index (κ1) is 12.9. The third kappa shape index (κ3) is 5.56. The van der Waals surface area contributed by atoms with Gasteiger partial charge in [0.1, 0.15) is 0 Å². The molecule has 0 unspecified atom stereocenters. The summed E-state index contributed by atoms with van der Waals surface area (Å²) in [5, 5.41) is 2.71. The van der Waals surface area contributed by atoms with E-state index in [0.717, 1.165) is 0 Å². The summed E-state index contributed by atoms with van der Waals surface area (Å²) < 4.78 is 0. The molecule has 0 saturated carbocycles. The molecule has 3 N–H and O–H groups in total. The molecule has 0 radical (unpaired) electrons. The van der Waals surface area contributed by atoms with Crippen molar-refractivity contribution >= 4 is 11.7 Å². The van der Waals surface area contributed by atoms with Gasteiger partial charge in [-0.3, -0.25) is 9.79 Å². The van der Waals surface area contributed by atoms with E-state index in [2.05, 4.69) is 10.3 Å². The summed E-state index contributed by atoms with van der Waals surface area (Å²) in [6, 6.07) is 0. The number of carbonyl (C=O) groups is 1. The van der Waals surface area contributed by atoms with E-state index in [9.17, 15) is 4.79 Å². The zero-order valence-electron chi connectivity index (χ0n) is 9.55. The van der Waals surface area contributed by atoms with Crippen LogP contribution in [0.3, 0.4) is 0 Å². The summed E-state index contributed by atoms with van der Waals surface area (Å²) in [5.41, 5.74) is 5.62. The van der Waals surface area contributed by atoms with Crippen molar-refractivity contribution in [3.8, 4) is 0 Å². The maximum atomic E-state index is 11.1. The Morgan fingerprint density at radius 3 is 2.43 bits per heavy atom. The average Bonchev–Trinajstić information content (AvgIpc) is 2.02. The van der Waals surface area contributed by atoms with Gasteiger partial charge in [0.25, 0.3) is 0 Å². The molecular weight excluding hydrogens is 178 g/mol. The van der Waals surface area contributed by atoms with Crippen LogP contribution in [0.15, 0.2) is 4.99 Å². The molecule has 0 saturated heterocycles. The lowest BCUT2D eigenvalue weighted by atomic mass is 9.95. The molecular formula is C10H21N3O. The lowest BCUT2D eigenvalue weighted by Crippen LogP contribution is -2.30. The predicted molar refractivity (Wildman–Crippen MR) is 59.2 cm³/mol. The highest BCUT2D eigenvalue weighted by Gasteiger charge is 2.14. The molecule has 4 nitrogen and oxygen atoms in total. The van der Waals surface area contributed by atoms with Crippen LogP contribution in [0.5, 0.6) is 0 Å². The van der Waals surface area contributed by atoms with Crippen LogP contribution in [0.1, 0.15) is 34.1 Å². The van der Waals surface area contributed by atoms with Crippen LogP contribution in [0.25, 0.3) is 0 Å². The summed E-state index contributed by atoms with van der Waals surface area (Å²) >= 11 is 0. The van der Waals surface area contributed by atoms with Gasteiger partial charge < -0.3 is 11.1 Å². The molecule has 0 aliphatic heterocycles. The number of amidine groups is 1. The van der Waals surface area contributed by atoms with Crippen LogP contribution in [-0.4, -0.2) is 24.8 Å². The summed E-state index contributed by atoms with van der Waals surface area (Å²) in [5.74, 6) is 0.625. The second-order valence-electron chi connectivity index (χ2n) is 4.22. The van der Waals surface area contributed by atoms with Gasteiger partial charge in [0, 0.05) is 24.9 Å². The normalized spacial score (nSPS) is 12.7. The van der Waals surface area contributed by atoms with E-state index in [4.69, 9.17) is 5.73 Å². The van der Waals surface area contributed by atoms with Crippen LogP contribution in [0, 0.1) is 5.41 Å². The van der Waals surface area contributed by atoms with Gasteiger partial charge in [0.05, 0.1) is 5.84 Å². The van der Waals surface area contributed by atoms with Crippen molar-refractivity contribution in [3.63, 3.8) is 0 Å². The van der Waals surface area contributed by atoms with E-state index in [-0.39, 0.29) is 11.3 Å². The van der Waals surface area contributed by atoms with Crippen molar-refractivity contribution in [1.29, 1.82) is 0 Å². The number of aliphatic imine (C=N–C) groups is 1. The number of nitrogens with zero attached hydrogens (tertiary/aromatic N) is 1. The largest absolute Gasteiger partial charge is 0.387 e. The maximum Gasteiger partial charge on any atom is 0.221 e. The molecule has 14 heavy (non-hydrogen) atoms. The first-order chi connectivity index (χ1) is 6.38. The van der Waals surface area contributed by atoms with Gasteiger partial charge >= 0.3 is 0 Å². The molecule has 0 aliphatic carbocycles. The third-order valence-electron chi connectivity index (χ3n) is 1.76. The van der Waals surface area contributed by atoms with Gasteiger partial charge in [-0.1, -0.05) is 20.8 Å². The van der Waals surface area contributed by atoms with Crippen molar-refractivity contribution < 1.29 is 4.79 Å². The predicted octanol–water partition coefficient (Wildman–Crippen LogP) is 0.916. The van der Waals surface area contributed by atoms with Crippen molar-refractivity contribution in [1.82, 2.24) is 5.32 Å². The minimum atomic E-state index is -0.110. The zero-order valence-corrected chi connectivity index (χ0v) is 9.55. The Labute approximate surface area is 86.0 Å². The van der Waals surface area contributed by atoms with Gasteiger partial charge in [-0.05, 0) is 6.92 Å². The van der Waals surface area contributed by atoms with Gasteiger partial charge in [-0.2, -0.15) is 0 Å². The highest BCUT2D eigenvalue weighted by molar-refractivity contribution is 5.85. The van der Waals surface area contributed by atoms with E-state index >= 15 is 0 Å². The van der Waals surface area contributed by atoms with Crippen LogP contribution in [0.4, 0.5) is 0 Å². The fourth-order valence-corrected chi connectivity index (χ4v) is 0.801. The fourth-order valence-electron chi connectivity index (χ4n) is 0.801. The van der Waals surface area contributed by atoms with Crippen LogP contribution < -0.4 is 11.1 Å². The number of amides is 1. The van der Waals surface area contributed by atoms with Crippen molar-refractivity contribution in [2.45, 2.75) is 34.1 Å². The van der Waals surface area contributed by atoms with Crippen LogP contribution >= 0.6 is 0 Å². The molecule has 1 amide bonds.